The van der Waals surface area contributed by atoms with Gasteiger partial charge in [0.1, 0.15) is 11.6 Å². The van der Waals surface area contributed by atoms with Crippen LogP contribution in [0, 0.1) is 5.82 Å². The molecule has 1 amide bonds. The van der Waals surface area contributed by atoms with Crippen LogP contribution in [0.15, 0.2) is 77.7 Å². The van der Waals surface area contributed by atoms with Gasteiger partial charge in [0.2, 0.25) is 5.91 Å². The molecule has 0 spiro atoms. The van der Waals surface area contributed by atoms with E-state index in [1.54, 1.807) is 28.8 Å². The fourth-order valence-electron chi connectivity index (χ4n) is 3.22. The van der Waals surface area contributed by atoms with E-state index in [1.165, 1.54) is 23.5 Å². The molecule has 0 fully saturated rings. The second-order valence-electron chi connectivity index (χ2n) is 7.08. The van der Waals surface area contributed by atoms with Gasteiger partial charge in [0.05, 0.1) is 23.4 Å². The van der Waals surface area contributed by atoms with Crippen molar-refractivity contribution in [3.05, 3.63) is 84.2 Å². The van der Waals surface area contributed by atoms with Crippen molar-refractivity contribution in [3.63, 3.8) is 0 Å². The maximum Gasteiger partial charge on any atom is 0.229 e. The number of nitrogens with zero attached hydrogens (tertiary/aromatic N) is 2. The minimum Gasteiger partial charge on any atom is -0.494 e. The van der Waals surface area contributed by atoms with Gasteiger partial charge in [-0.15, -0.1) is 11.8 Å². The summed E-state index contributed by atoms with van der Waals surface area (Å²) in [5, 5.41) is 0.675. The third-order valence-corrected chi connectivity index (χ3v) is 6.83. The number of hydrogen-bond donors (Lipinski definition) is 0. The van der Waals surface area contributed by atoms with Crippen LogP contribution in [0.3, 0.4) is 0 Å². The number of rotatable bonds is 9. The Morgan fingerprint density at radius 1 is 1.09 bits per heavy atom. The van der Waals surface area contributed by atoms with Gasteiger partial charge >= 0.3 is 0 Å². The van der Waals surface area contributed by atoms with Gasteiger partial charge in [-0.25, -0.2) is 9.37 Å². The summed E-state index contributed by atoms with van der Waals surface area (Å²) >= 11 is 3.03. The van der Waals surface area contributed by atoms with Gasteiger partial charge in [-0.2, -0.15) is 0 Å². The fraction of sp³-hybridized carbons (Fsp3) is 0.200. The number of hydrogen-bond acceptors (Lipinski definition) is 5. The molecule has 0 atom stereocenters. The van der Waals surface area contributed by atoms with E-state index in [4.69, 9.17) is 9.72 Å². The highest BCUT2D eigenvalue weighted by Crippen LogP contribution is 2.33. The van der Waals surface area contributed by atoms with Crippen molar-refractivity contribution < 1.29 is 13.9 Å². The second kappa shape index (κ2) is 10.6. The molecule has 0 radical (unpaired) electrons. The van der Waals surface area contributed by atoms with E-state index >= 15 is 0 Å². The maximum absolute atomic E-state index is 13.2. The number of ether oxygens (including phenoxy) is 1. The van der Waals surface area contributed by atoms with Crippen LogP contribution < -0.4 is 9.64 Å². The lowest BCUT2D eigenvalue weighted by molar-refractivity contribution is -0.118. The van der Waals surface area contributed by atoms with Gasteiger partial charge in [0, 0.05) is 17.1 Å². The van der Waals surface area contributed by atoms with Crippen LogP contribution in [0.1, 0.15) is 18.9 Å². The summed E-state index contributed by atoms with van der Waals surface area (Å²) in [5.74, 6) is 1.15. The molecule has 0 saturated carbocycles. The average molecular weight is 467 g/mol. The molecule has 0 aliphatic carbocycles. The molecule has 32 heavy (non-hydrogen) atoms. The van der Waals surface area contributed by atoms with Crippen molar-refractivity contribution in [1.29, 1.82) is 0 Å². The summed E-state index contributed by atoms with van der Waals surface area (Å²) < 4.78 is 19.7. The summed E-state index contributed by atoms with van der Waals surface area (Å²) in [6, 6.07) is 22.0. The van der Waals surface area contributed by atoms with Crippen molar-refractivity contribution in [2.45, 2.75) is 24.8 Å². The number of anilines is 1. The van der Waals surface area contributed by atoms with E-state index in [0.717, 1.165) is 26.4 Å². The standard InChI is InChI=1S/C25H23FN2O2S2/c1-2-30-20-10-13-22-23(16-20)32-25(27-22)28(17-18-6-4-3-5-7-18)24(29)14-15-31-21-11-8-19(26)9-12-21/h3-13,16H,2,14-15,17H2,1H3. The monoisotopic (exact) mass is 466 g/mol. The topological polar surface area (TPSA) is 42.4 Å². The van der Waals surface area contributed by atoms with E-state index in [2.05, 4.69) is 0 Å². The number of fused-ring (bicyclic) bond motifs is 1. The molecular weight excluding hydrogens is 443 g/mol. The Balaban J connectivity index is 1.53. The number of carbonyl (C=O) groups excluding carboxylic acids is 1. The number of thiazole rings is 1. The lowest BCUT2D eigenvalue weighted by Gasteiger charge is -2.20. The highest BCUT2D eigenvalue weighted by atomic mass is 32.2. The van der Waals surface area contributed by atoms with E-state index in [1.807, 2.05) is 55.5 Å². The fourth-order valence-corrected chi connectivity index (χ4v) is 5.07. The van der Waals surface area contributed by atoms with Crippen LogP contribution in [0.4, 0.5) is 9.52 Å². The molecule has 4 nitrogen and oxygen atoms in total. The Morgan fingerprint density at radius 2 is 1.88 bits per heavy atom. The van der Waals surface area contributed by atoms with E-state index in [0.29, 0.717) is 30.5 Å². The van der Waals surface area contributed by atoms with Crippen LogP contribution in [-0.2, 0) is 11.3 Å². The van der Waals surface area contributed by atoms with Gasteiger partial charge in [0.15, 0.2) is 5.13 Å². The molecule has 0 aliphatic heterocycles. The zero-order valence-electron chi connectivity index (χ0n) is 17.7. The first-order chi connectivity index (χ1) is 15.6. The molecular formula is C25H23FN2O2S2. The van der Waals surface area contributed by atoms with Crippen molar-refractivity contribution in [2.24, 2.45) is 0 Å². The van der Waals surface area contributed by atoms with Crippen LogP contribution in [0.2, 0.25) is 0 Å². The number of thioether (sulfide) groups is 1. The molecule has 3 aromatic carbocycles. The zero-order valence-corrected chi connectivity index (χ0v) is 19.3. The highest BCUT2D eigenvalue weighted by molar-refractivity contribution is 7.99. The molecule has 0 unspecified atom stereocenters. The van der Waals surface area contributed by atoms with Crippen molar-refractivity contribution in [1.82, 2.24) is 4.98 Å². The van der Waals surface area contributed by atoms with E-state index in [9.17, 15) is 9.18 Å². The second-order valence-corrected chi connectivity index (χ2v) is 9.25. The third-order valence-electron chi connectivity index (χ3n) is 4.77. The number of amides is 1. The van der Waals surface area contributed by atoms with Gasteiger partial charge in [-0.1, -0.05) is 41.7 Å². The molecule has 1 aromatic heterocycles. The number of carbonyl (C=O) groups is 1. The minimum absolute atomic E-state index is 0.00699. The summed E-state index contributed by atoms with van der Waals surface area (Å²) in [6.07, 6.45) is 0.356. The van der Waals surface area contributed by atoms with Crippen molar-refractivity contribution in [2.75, 3.05) is 17.3 Å². The zero-order chi connectivity index (χ0) is 22.3. The van der Waals surface area contributed by atoms with Gasteiger partial charge in [-0.05, 0) is 55.0 Å². The highest BCUT2D eigenvalue weighted by Gasteiger charge is 2.20. The summed E-state index contributed by atoms with van der Waals surface area (Å²) in [6.45, 7) is 3.01. The van der Waals surface area contributed by atoms with Crippen molar-refractivity contribution in [3.8, 4) is 5.75 Å². The van der Waals surface area contributed by atoms with E-state index < -0.39 is 0 Å². The molecule has 0 saturated heterocycles. The predicted octanol–water partition coefficient (Wildman–Crippen LogP) is 6.55. The smallest absolute Gasteiger partial charge is 0.229 e. The maximum atomic E-state index is 13.2. The lowest BCUT2D eigenvalue weighted by Crippen LogP contribution is -2.30. The van der Waals surface area contributed by atoms with Crippen LogP contribution in [0.5, 0.6) is 5.75 Å². The quantitative estimate of drug-likeness (QED) is 0.262. The van der Waals surface area contributed by atoms with Crippen LogP contribution in [0.25, 0.3) is 10.2 Å². The van der Waals surface area contributed by atoms with Gasteiger partial charge < -0.3 is 4.74 Å². The molecule has 7 heteroatoms. The molecule has 4 aromatic rings. The molecule has 0 aliphatic rings. The summed E-state index contributed by atoms with van der Waals surface area (Å²) in [5.41, 5.74) is 1.89. The van der Waals surface area contributed by atoms with Gasteiger partial charge in [-0.3, -0.25) is 9.69 Å². The van der Waals surface area contributed by atoms with Crippen molar-refractivity contribution >= 4 is 44.4 Å². The normalized spacial score (nSPS) is 10.9. The van der Waals surface area contributed by atoms with E-state index in [-0.39, 0.29) is 11.7 Å². The van der Waals surface area contributed by atoms with Gasteiger partial charge in [0.25, 0.3) is 0 Å². The lowest BCUT2D eigenvalue weighted by atomic mass is 10.2. The molecule has 4 rings (SSSR count). The average Bonchev–Trinajstić information content (AvgIpc) is 3.22. The van der Waals surface area contributed by atoms with Crippen LogP contribution in [-0.4, -0.2) is 23.3 Å². The first-order valence-electron chi connectivity index (χ1n) is 10.4. The van der Waals surface area contributed by atoms with Crippen LogP contribution >= 0.6 is 23.1 Å². The predicted molar refractivity (Wildman–Crippen MR) is 130 cm³/mol. The molecule has 0 bridgehead atoms. The number of benzene rings is 3. The summed E-state index contributed by atoms with van der Waals surface area (Å²) in [7, 11) is 0. The minimum atomic E-state index is -0.261. The first-order valence-corrected chi connectivity index (χ1v) is 12.2. The Morgan fingerprint density at radius 3 is 2.62 bits per heavy atom. The Hall–Kier alpha value is -2.90. The largest absolute Gasteiger partial charge is 0.494 e. The molecule has 1 heterocycles. The Kier molecular flexibility index (Phi) is 7.39. The number of halogens is 1. The Bertz CT molecular complexity index is 1180. The SMILES string of the molecule is CCOc1ccc2nc(N(Cc3ccccc3)C(=O)CCSc3ccc(F)cc3)sc2c1. The number of aromatic nitrogens is 1. The molecule has 164 valence electrons. The Labute approximate surface area is 195 Å². The molecule has 0 N–H and O–H groups in total. The first kappa shape index (κ1) is 22.3. The third kappa shape index (κ3) is 5.66. The summed E-state index contributed by atoms with van der Waals surface area (Å²) in [4.78, 5) is 20.7.